The van der Waals surface area contributed by atoms with E-state index < -0.39 is 75.6 Å². The minimum atomic E-state index is -1.45. The Bertz CT molecular complexity index is 1280. The highest BCUT2D eigenvalue weighted by molar-refractivity contribution is 5.93. The molecule has 4 fully saturated rings. The maximum atomic E-state index is 14.5. The number of esters is 3. The van der Waals surface area contributed by atoms with Crippen LogP contribution in [-0.2, 0) is 33.4 Å². The highest BCUT2D eigenvalue weighted by Gasteiger charge is 2.75. The maximum Gasteiger partial charge on any atom is 0.333 e. The molecule has 3 saturated carbocycles. The van der Waals surface area contributed by atoms with Crippen molar-refractivity contribution in [2.75, 3.05) is 7.11 Å². The molecular formula is C32H42O9. The highest BCUT2D eigenvalue weighted by atomic mass is 16.6. The number of hydrogen-bond acceptors (Lipinski definition) is 9. The van der Waals surface area contributed by atoms with Crippen LogP contribution >= 0.6 is 0 Å². The fourth-order valence-corrected chi connectivity index (χ4v) is 9.32. The number of ether oxygens (including phenoxy) is 3. The molecule has 224 valence electrons. The molecule has 3 aliphatic carbocycles. The zero-order chi connectivity index (χ0) is 30.1. The van der Waals surface area contributed by atoms with Gasteiger partial charge in [-0.3, -0.25) is 14.4 Å². The van der Waals surface area contributed by atoms with Crippen molar-refractivity contribution in [3.8, 4) is 0 Å². The average molecular weight is 571 g/mol. The number of methoxy groups -OCH3 is 1. The van der Waals surface area contributed by atoms with Gasteiger partial charge in [-0.15, -0.1) is 0 Å². The van der Waals surface area contributed by atoms with E-state index in [-0.39, 0.29) is 25.0 Å². The fraction of sp³-hybridized carbons (Fsp3) is 0.688. The summed E-state index contributed by atoms with van der Waals surface area (Å²) in [5.74, 6) is -3.98. The molecule has 4 aliphatic rings. The summed E-state index contributed by atoms with van der Waals surface area (Å²) in [6.45, 7) is 11.2. The lowest BCUT2D eigenvalue weighted by atomic mass is 9.36. The monoisotopic (exact) mass is 570 g/mol. The Kier molecular flexibility index (Phi) is 7.08. The van der Waals surface area contributed by atoms with Crippen LogP contribution in [0, 0.1) is 39.9 Å². The predicted molar refractivity (Wildman–Crippen MR) is 146 cm³/mol. The molecule has 5 rings (SSSR count). The van der Waals surface area contributed by atoms with Gasteiger partial charge in [0.25, 0.3) is 0 Å². The summed E-state index contributed by atoms with van der Waals surface area (Å²) < 4.78 is 22.4. The Balaban J connectivity index is 1.66. The number of carbonyl (C=O) groups is 4. The summed E-state index contributed by atoms with van der Waals surface area (Å²) >= 11 is 0. The Morgan fingerprint density at radius 2 is 1.88 bits per heavy atom. The highest BCUT2D eigenvalue weighted by Crippen LogP contribution is 2.71. The zero-order valence-electron chi connectivity index (χ0n) is 25.0. The first-order valence-corrected chi connectivity index (χ1v) is 14.5. The van der Waals surface area contributed by atoms with Gasteiger partial charge in [0, 0.05) is 45.6 Å². The number of fused-ring (bicyclic) bond motifs is 6. The molecule has 41 heavy (non-hydrogen) atoms. The van der Waals surface area contributed by atoms with E-state index in [9.17, 15) is 24.3 Å². The molecule has 1 saturated heterocycles. The topological polar surface area (TPSA) is 129 Å². The Morgan fingerprint density at radius 3 is 2.49 bits per heavy atom. The number of hydrogen-bond donors (Lipinski definition) is 1. The normalized spacial score (nSPS) is 41.5. The standard InChI is InChI=1S/C32H42O9/c1-8-17(2)28(36)41-27-19-15-32(37)20(31(6,25(19)35)21(29(27,3)4)13-23(33)38-7)9-11-30(5)22(32)14-24(34)40-26(30)18-10-12-39-16-18/h8,10,12,16,19-22,26-27,37H,9,11,13-15H2,1-7H3. The molecule has 9 unspecified atom stereocenters. The van der Waals surface area contributed by atoms with Gasteiger partial charge < -0.3 is 23.7 Å². The SMILES string of the molecule is CC=C(C)C(=O)OC1C2CC3(O)C4CC(=O)OC(c5ccoc5)C4(C)CCC3C(C)(C2=O)C(CC(=O)OC)C1(C)C. The second-order valence-corrected chi connectivity index (χ2v) is 13.7. The lowest BCUT2D eigenvalue weighted by molar-refractivity contribution is -0.278. The second-order valence-electron chi connectivity index (χ2n) is 13.7. The van der Waals surface area contributed by atoms with E-state index in [0.717, 1.165) is 5.56 Å². The van der Waals surface area contributed by atoms with Gasteiger partial charge in [-0.05, 0) is 45.1 Å². The van der Waals surface area contributed by atoms with Crippen molar-refractivity contribution in [1.82, 2.24) is 0 Å². The first kappa shape index (κ1) is 29.5. The van der Waals surface area contributed by atoms with Crippen LogP contribution in [0.15, 0.2) is 34.7 Å². The first-order chi connectivity index (χ1) is 19.2. The average Bonchev–Trinajstić information content (AvgIpc) is 3.46. The van der Waals surface area contributed by atoms with Crippen molar-refractivity contribution in [2.24, 2.45) is 39.9 Å². The van der Waals surface area contributed by atoms with E-state index in [1.54, 1.807) is 32.3 Å². The van der Waals surface area contributed by atoms with E-state index >= 15 is 0 Å². The summed E-state index contributed by atoms with van der Waals surface area (Å²) in [6, 6.07) is 1.77. The molecule has 9 nitrogen and oxygen atoms in total. The van der Waals surface area contributed by atoms with Gasteiger partial charge in [0.2, 0.25) is 0 Å². The Hall–Kier alpha value is -2.94. The van der Waals surface area contributed by atoms with Crippen LogP contribution in [0.1, 0.15) is 85.3 Å². The maximum absolute atomic E-state index is 14.5. The van der Waals surface area contributed by atoms with Gasteiger partial charge in [0.05, 0.1) is 37.6 Å². The number of furan rings is 1. The third-order valence-electron chi connectivity index (χ3n) is 11.5. The number of rotatable bonds is 5. The van der Waals surface area contributed by atoms with Crippen LogP contribution in [0.4, 0.5) is 0 Å². The molecule has 2 bridgehead atoms. The lowest BCUT2D eigenvalue weighted by Gasteiger charge is -2.69. The van der Waals surface area contributed by atoms with Crippen molar-refractivity contribution < 1.29 is 42.9 Å². The van der Waals surface area contributed by atoms with Crippen molar-refractivity contribution in [3.05, 3.63) is 35.8 Å². The summed E-state index contributed by atoms with van der Waals surface area (Å²) in [5.41, 5.74) is -2.87. The smallest absolute Gasteiger partial charge is 0.333 e. The van der Waals surface area contributed by atoms with Gasteiger partial charge in [0.15, 0.2) is 0 Å². The van der Waals surface area contributed by atoms with E-state index in [1.807, 2.05) is 27.7 Å². The number of Topliss-reactive ketones (excluding diaryl/α,β-unsaturated/α-hetero) is 1. The van der Waals surface area contributed by atoms with Gasteiger partial charge in [-0.1, -0.05) is 33.8 Å². The fourth-order valence-electron chi connectivity index (χ4n) is 9.32. The molecule has 1 aromatic rings. The molecule has 0 spiro atoms. The van der Waals surface area contributed by atoms with Crippen molar-refractivity contribution >= 4 is 23.7 Å². The van der Waals surface area contributed by atoms with Gasteiger partial charge in [-0.25, -0.2) is 4.79 Å². The summed E-state index contributed by atoms with van der Waals surface area (Å²) in [6.07, 6.45) is 4.34. The third kappa shape index (κ3) is 4.13. The van der Waals surface area contributed by atoms with E-state index in [2.05, 4.69) is 0 Å². The van der Waals surface area contributed by atoms with Crippen LogP contribution in [0.3, 0.4) is 0 Å². The van der Waals surface area contributed by atoms with E-state index in [4.69, 9.17) is 18.6 Å². The molecule has 0 radical (unpaired) electrons. The minimum absolute atomic E-state index is 0.00202. The summed E-state index contributed by atoms with van der Waals surface area (Å²) in [7, 11) is 1.31. The number of carbonyl (C=O) groups excluding carboxylic acids is 4. The van der Waals surface area contributed by atoms with Gasteiger partial charge in [0.1, 0.15) is 18.0 Å². The molecule has 2 heterocycles. The number of allylic oxidation sites excluding steroid dienone is 1. The number of ketones is 1. The van der Waals surface area contributed by atoms with Crippen LogP contribution in [-0.4, -0.2) is 47.6 Å². The molecule has 1 aromatic heterocycles. The van der Waals surface area contributed by atoms with Crippen molar-refractivity contribution in [3.63, 3.8) is 0 Å². The van der Waals surface area contributed by atoms with Gasteiger partial charge >= 0.3 is 17.9 Å². The Morgan fingerprint density at radius 1 is 1.17 bits per heavy atom. The van der Waals surface area contributed by atoms with E-state index in [1.165, 1.54) is 13.4 Å². The predicted octanol–water partition coefficient (Wildman–Crippen LogP) is 4.72. The summed E-state index contributed by atoms with van der Waals surface area (Å²) in [5, 5.41) is 12.9. The third-order valence-corrected chi connectivity index (χ3v) is 11.5. The molecule has 0 aromatic carbocycles. The second kappa shape index (κ2) is 9.82. The molecule has 1 aliphatic heterocycles. The molecule has 1 N–H and O–H groups in total. The van der Waals surface area contributed by atoms with E-state index in [0.29, 0.717) is 18.4 Å². The quantitative estimate of drug-likeness (QED) is 0.304. The lowest BCUT2D eigenvalue weighted by Crippen LogP contribution is -2.75. The minimum Gasteiger partial charge on any atom is -0.472 e. The molecular weight excluding hydrogens is 528 g/mol. The molecule has 9 atom stereocenters. The largest absolute Gasteiger partial charge is 0.472 e. The first-order valence-electron chi connectivity index (χ1n) is 14.5. The zero-order valence-corrected chi connectivity index (χ0v) is 25.0. The number of cyclic esters (lactones) is 1. The van der Waals surface area contributed by atoms with Crippen LogP contribution in [0.5, 0.6) is 0 Å². The molecule has 9 heteroatoms. The van der Waals surface area contributed by atoms with Crippen LogP contribution in [0.2, 0.25) is 0 Å². The van der Waals surface area contributed by atoms with Gasteiger partial charge in [-0.2, -0.15) is 0 Å². The Labute approximate surface area is 241 Å². The van der Waals surface area contributed by atoms with Crippen LogP contribution < -0.4 is 0 Å². The number of aliphatic hydroxyl groups is 1. The van der Waals surface area contributed by atoms with Crippen molar-refractivity contribution in [1.29, 1.82) is 0 Å². The molecule has 0 amide bonds. The van der Waals surface area contributed by atoms with Crippen LogP contribution in [0.25, 0.3) is 0 Å². The summed E-state index contributed by atoms with van der Waals surface area (Å²) in [4.78, 5) is 53.5. The van der Waals surface area contributed by atoms with Crippen molar-refractivity contribution in [2.45, 2.75) is 91.5 Å².